The summed E-state index contributed by atoms with van der Waals surface area (Å²) in [6.07, 6.45) is -1.27. The van der Waals surface area contributed by atoms with Crippen molar-refractivity contribution in [3.63, 3.8) is 0 Å². The second kappa shape index (κ2) is 11.1. The summed E-state index contributed by atoms with van der Waals surface area (Å²) in [6, 6.07) is 22.5. The molecule has 6 heteroatoms. The smallest absolute Gasteiger partial charge is 0.338 e. The van der Waals surface area contributed by atoms with Gasteiger partial charge < -0.3 is 19.3 Å². The van der Waals surface area contributed by atoms with E-state index in [0.717, 1.165) is 22.3 Å². The number of rotatable bonds is 9. The molecule has 6 nitrogen and oxygen atoms in total. The van der Waals surface area contributed by atoms with E-state index in [0.29, 0.717) is 17.1 Å². The molecule has 0 amide bonds. The van der Waals surface area contributed by atoms with Crippen LogP contribution < -0.4 is 9.47 Å². The van der Waals surface area contributed by atoms with Gasteiger partial charge in [-0.1, -0.05) is 61.7 Å². The lowest BCUT2D eigenvalue weighted by atomic mass is 10.0. The summed E-state index contributed by atoms with van der Waals surface area (Å²) in [7, 11) is 0. The Morgan fingerprint density at radius 3 is 1.50 bits per heavy atom. The number of carbonyl (C=O) groups excluding carboxylic acids is 2. The quantitative estimate of drug-likeness (QED) is 0.202. The Morgan fingerprint density at radius 1 is 0.706 bits per heavy atom. The highest BCUT2D eigenvalue weighted by Gasteiger charge is 2.11. The fourth-order valence-electron chi connectivity index (χ4n) is 2.95. The summed E-state index contributed by atoms with van der Waals surface area (Å²) in [5, 5.41) is 9.89. The molecule has 0 spiro atoms. The van der Waals surface area contributed by atoms with Crippen LogP contribution in [0.1, 0.15) is 13.8 Å². The van der Waals surface area contributed by atoms with E-state index in [9.17, 15) is 14.7 Å². The third kappa shape index (κ3) is 6.67. The monoisotopic (exact) mass is 458 g/mol. The average molecular weight is 459 g/mol. The normalized spacial score (nSPS) is 11.3. The van der Waals surface area contributed by atoms with E-state index < -0.39 is 18.2 Å². The highest BCUT2D eigenvalue weighted by Crippen LogP contribution is 2.27. The van der Waals surface area contributed by atoms with Crippen LogP contribution in [-0.4, -0.2) is 29.9 Å². The zero-order valence-electron chi connectivity index (χ0n) is 19.1. The lowest BCUT2D eigenvalue weighted by Crippen LogP contribution is -2.24. The van der Waals surface area contributed by atoms with Gasteiger partial charge in [-0.25, -0.2) is 9.59 Å². The molecule has 0 aromatic heterocycles. The molecule has 0 heterocycles. The van der Waals surface area contributed by atoms with Crippen molar-refractivity contribution < 1.29 is 28.9 Å². The van der Waals surface area contributed by atoms with Gasteiger partial charge in [0, 0.05) is 11.1 Å². The summed E-state index contributed by atoms with van der Waals surface area (Å²) >= 11 is 0. The van der Waals surface area contributed by atoms with Crippen molar-refractivity contribution in [2.24, 2.45) is 0 Å². The SMILES string of the molecule is C=C(C)C(=O)OCC(O)Oc1ccc(-c2ccc(-c3ccc(OC(=O)C(=C)C)cc3)cc2)cc1. The molecule has 174 valence electrons. The van der Waals surface area contributed by atoms with E-state index in [2.05, 4.69) is 13.2 Å². The fraction of sp³-hybridized carbons (Fsp3) is 0.143. The van der Waals surface area contributed by atoms with Gasteiger partial charge in [-0.3, -0.25) is 0 Å². The van der Waals surface area contributed by atoms with Crippen LogP contribution in [0.25, 0.3) is 22.3 Å². The standard InChI is InChI=1S/C28H26O6/c1-18(2)27(30)32-17-26(29)33-24-13-9-22(10-14-24)20-5-7-21(8-6-20)23-11-15-25(16-12-23)34-28(31)19(3)4/h5-16,26,29H,1,3,17H2,2,4H3. The van der Waals surface area contributed by atoms with Gasteiger partial charge in [0.25, 0.3) is 0 Å². The first kappa shape index (κ1) is 24.5. The van der Waals surface area contributed by atoms with E-state index in [1.54, 1.807) is 31.2 Å². The molecule has 3 aromatic rings. The minimum absolute atomic E-state index is 0.253. The number of aliphatic hydroxyl groups is 1. The zero-order chi connectivity index (χ0) is 24.7. The Balaban J connectivity index is 1.60. The van der Waals surface area contributed by atoms with Crippen LogP contribution in [0, 0.1) is 0 Å². The number of hydrogen-bond donors (Lipinski definition) is 1. The number of benzene rings is 3. The summed E-state index contributed by atoms with van der Waals surface area (Å²) in [4.78, 5) is 23.0. The summed E-state index contributed by atoms with van der Waals surface area (Å²) < 4.78 is 15.5. The number of ether oxygens (including phenoxy) is 3. The van der Waals surface area contributed by atoms with Crippen molar-refractivity contribution in [2.75, 3.05) is 6.61 Å². The van der Waals surface area contributed by atoms with E-state index >= 15 is 0 Å². The molecule has 1 N–H and O–H groups in total. The van der Waals surface area contributed by atoms with Crippen molar-refractivity contribution >= 4 is 11.9 Å². The fourth-order valence-corrected chi connectivity index (χ4v) is 2.95. The number of carbonyl (C=O) groups is 2. The molecule has 0 radical (unpaired) electrons. The van der Waals surface area contributed by atoms with Gasteiger partial charge in [0.1, 0.15) is 11.5 Å². The van der Waals surface area contributed by atoms with Gasteiger partial charge in [0.15, 0.2) is 6.61 Å². The maximum absolute atomic E-state index is 11.6. The van der Waals surface area contributed by atoms with Crippen molar-refractivity contribution in [1.82, 2.24) is 0 Å². The van der Waals surface area contributed by atoms with Crippen molar-refractivity contribution in [2.45, 2.75) is 20.1 Å². The molecule has 0 aliphatic carbocycles. The van der Waals surface area contributed by atoms with Crippen molar-refractivity contribution in [1.29, 1.82) is 0 Å². The van der Waals surface area contributed by atoms with Crippen LogP contribution in [-0.2, 0) is 14.3 Å². The van der Waals surface area contributed by atoms with E-state index in [1.165, 1.54) is 6.92 Å². The van der Waals surface area contributed by atoms with Gasteiger partial charge in [0.2, 0.25) is 6.29 Å². The van der Waals surface area contributed by atoms with Crippen LogP contribution in [0.4, 0.5) is 0 Å². The van der Waals surface area contributed by atoms with Gasteiger partial charge in [0.05, 0.1) is 0 Å². The molecule has 0 saturated heterocycles. The van der Waals surface area contributed by atoms with Crippen molar-refractivity contribution in [3.05, 3.63) is 97.1 Å². The Bertz CT molecular complexity index is 1180. The molecule has 1 unspecified atom stereocenters. The predicted octanol–water partition coefficient (Wildman–Crippen LogP) is 5.32. The highest BCUT2D eigenvalue weighted by molar-refractivity contribution is 5.89. The van der Waals surface area contributed by atoms with Gasteiger partial charge >= 0.3 is 11.9 Å². The molecule has 0 saturated carbocycles. The van der Waals surface area contributed by atoms with Gasteiger partial charge in [-0.2, -0.15) is 0 Å². The topological polar surface area (TPSA) is 82.1 Å². The molecule has 0 aliphatic heterocycles. The Hall–Kier alpha value is -4.16. The minimum atomic E-state index is -1.27. The molecule has 0 aliphatic rings. The molecule has 1 atom stereocenters. The van der Waals surface area contributed by atoms with Crippen LogP contribution in [0.3, 0.4) is 0 Å². The summed E-state index contributed by atoms with van der Waals surface area (Å²) in [5.74, 6) is -0.112. The molecular formula is C28H26O6. The van der Waals surface area contributed by atoms with E-state index in [-0.39, 0.29) is 12.2 Å². The summed E-state index contributed by atoms with van der Waals surface area (Å²) in [5.41, 5.74) is 4.60. The summed E-state index contributed by atoms with van der Waals surface area (Å²) in [6.45, 7) is 9.90. The maximum Gasteiger partial charge on any atom is 0.338 e. The highest BCUT2D eigenvalue weighted by atomic mass is 16.6. The Labute approximate surface area is 198 Å². The average Bonchev–Trinajstić information content (AvgIpc) is 2.83. The predicted molar refractivity (Wildman–Crippen MR) is 130 cm³/mol. The molecule has 0 fully saturated rings. The molecule has 0 bridgehead atoms. The van der Waals surface area contributed by atoms with Crippen LogP contribution in [0.15, 0.2) is 97.1 Å². The Morgan fingerprint density at radius 2 is 1.09 bits per heavy atom. The van der Waals surface area contributed by atoms with Crippen molar-refractivity contribution in [3.8, 4) is 33.8 Å². The lowest BCUT2D eigenvalue weighted by Gasteiger charge is -2.14. The molecule has 34 heavy (non-hydrogen) atoms. The number of hydrogen-bond acceptors (Lipinski definition) is 6. The first-order valence-electron chi connectivity index (χ1n) is 10.6. The van der Waals surface area contributed by atoms with Crippen LogP contribution in [0.2, 0.25) is 0 Å². The van der Waals surface area contributed by atoms with Crippen LogP contribution in [0.5, 0.6) is 11.5 Å². The first-order chi connectivity index (χ1) is 16.2. The van der Waals surface area contributed by atoms with Gasteiger partial charge in [-0.15, -0.1) is 0 Å². The largest absolute Gasteiger partial charge is 0.461 e. The zero-order valence-corrected chi connectivity index (χ0v) is 19.1. The van der Waals surface area contributed by atoms with E-state index in [4.69, 9.17) is 14.2 Å². The second-order valence-corrected chi connectivity index (χ2v) is 7.75. The van der Waals surface area contributed by atoms with Gasteiger partial charge in [-0.05, 0) is 60.4 Å². The third-order valence-corrected chi connectivity index (χ3v) is 4.80. The third-order valence-electron chi connectivity index (χ3n) is 4.80. The first-order valence-corrected chi connectivity index (χ1v) is 10.6. The van der Waals surface area contributed by atoms with Crippen LogP contribution >= 0.6 is 0 Å². The molecule has 3 rings (SSSR count). The van der Waals surface area contributed by atoms with E-state index in [1.807, 2.05) is 48.5 Å². The second-order valence-electron chi connectivity index (χ2n) is 7.75. The molecule has 3 aromatic carbocycles. The Kier molecular flexibility index (Phi) is 8.01. The number of esters is 2. The maximum atomic E-state index is 11.6. The molecular weight excluding hydrogens is 432 g/mol. The lowest BCUT2D eigenvalue weighted by molar-refractivity contribution is -0.149. The minimum Gasteiger partial charge on any atom is -0.461 e. The number of aliphatic hydroxyl groups excluding tert-OH is 1.